The van der Waals surface area contributed by atoms with Crippen LogP contribution in [0.15, 0.2) is 30.7 Å². The van der Waals surface area contributed by atoms with Gasteiger partial charge in [0.05, 0.1) is 29.9 Å². The van der Waals surface area contributed by atoms with Crippen molar-refractivity contribution in [1.29, 1.82) is 0 Å². The lowest BCUT2D eigenvalue weighted by Crippen LogP contribution is -2.18. The molecule has 4 N–H and O–H groups in total. The van der Waals surface area contributed by atoms with Crippen LogP contribution >= 0.6 is 0 Å². The number of benzene rings is 1. The number of aromatic amines is 1. The first-order chi connectivity index (χ1) is 9.74. The highest BCUT2D eigenvalue weighted by Gasteiger charge is 2.11. The number of anilines is 2. The van der Waals surface area contributed by atoms with Crippen molar-refractivity contribution in [3.8, 4) is 5.75 Å². The Morgan fingerprint density at radius 3 is 3.05 bits per heavy atom. The number of nitrogens with one attached hydrogen (secondary N) is 2. The molecule has 0 aliphatic rings. The summed E-state index contributed by atoms with van der Waals surface area (Å²) in [7, 11) is 1.93. The minimum atomic E-state index is -0.00107. The number of carbonyl (C=O) groups is 1. The minimum Gasteiger partial charge on any atom is -0.484 e. The van der Waals surface area contributed by atoms with E-state index in [2.05, 4.69) is 15.4 Å². The van der Waals surface area contributed by atoms with Gasteiger partial charge in [0.2, 0.25) is 0 Å². The third-order valence-corrected chi connectivity index (χ3v) is 2.81. The quantitative estimate of drug-likeness (QED) is 0.395. The molecule has 0 saturated carbocycles. The van der Waals surface area contributed by atoms with Gasteiger partial charge in [0, 0.05) is 19.3 Å². The van der Waals surface area contributed by atoms with Crippen molar-refractivity contribution in [3.05, 3.63) is 36.4 Å². The van der Waals surface area contributed by atoms with Crippen LogP contribution in [0.4, 0.5) is 11.4 Å². The van der Waals surface area contributed by atoms with E-state index in [1.807, 2.05) is 24.1 Å². The molecule has 0 aliphatic heterocycles. The third kappa shape index (κ3) is 3.27. The second-order valence-corrected chi connectivity index (χ2v) is 4.24. The molecule has 1 aromatic heterocycles. The van der Waals surface area contributed by atoms with E-state index in [0.717, 1.165) is 11.4 Å². The Bertz CT molecular complexity index is 556. The average molecular weight is 275 g/mol. The van der Waals surface area contributed by atoms with E-state index >= 15 is 0 Å². The zero-order chi connectivity index (χ0) is 14.4. The molecule has 0 fully saturated rings. The number of rotatable bonds is 7. The molecule has 7 heteroatoms. The molecule has 0 aliphatic carbocycles. The number of nitrogens with zero attached hydrogens (tertiary/aromatic N) is 2. The summed E-state index contributed by atoms with van der Waals surface area (Å²) in [6.07, 6.45) is 4.11. The van der Waals surface area contributed by atoms with E-state index in [1.165, 1.54) is 0 Å². The lowest BCUT2D eigenvalue weighted by Gasteiger charge is -2.22. The first-order valence-corrected chi connectivity index (χ1v) is 6.10. The van der Waals surface area contributed by atoms with E-state index in [1.54, 1.807) is 18.6 Å². The predicted octanol–water partition coefficient (Wildman–Crippen LogP) is 0.909. The van der Waals surface area contributed by atoms with Gasteiger partial charge in [-0.2, -0.15) is 0 Å². The molecule has 20 heavy (non-hydrogen) atoms. The lowest BCUT2D eigenvalue weighted by molar-refractivity contribution is -0.109. The topological polar surface area (TPSA) is 96.3 Å². The Kier molecular flexibility index (Phi) is 4.56. The molecule has 1 aromatic carbocycles. The molecule has 0 atom stereocenters. The van der Waals surface area contributed by atoms with Crippen LogP contribution in [0.5, 0.6) is 5.75 Å². The van der Waals surface area contributed by atoms with Gasteiger partial charge >= 0.3 is 0 Å². The van der Waals surface area contributed by atoms with Crippen molar-refractivity contribution < 1.29 is 9.53 Å². The van der Waals surface area contributed by atoms with Crippen molar-refractivity contribution in [1.82, 2.24) is 9.97 Å². The maximum atomic E-state index is 10.5. The summed E-state index contributed by atoms with van der Waals surface area (Å²) in [5.41, 5.74) is 5.11. The minimum absolute atomic E-state index is 0.00107. The normalized spacial score (nSPS) is 10.1. The fourth-order valence-corrected chi connectivity index (χ4v) is 1.87. The predicted molar refractivity (Wildman–Crippen MR) is 76.5 cm³/mol. The zero-order valence-electron chi connectivity index (χ0n) is 11.2. The summed E-state index contributed by atoms with van der Waals surface area (Å²) >= 11 is 0. The molecular weight excluding hydrogens is 258 g/mol. The maximum absolute atomic E-state index is 10.5. The highest BCUT2D eigenvalue weighted by Crippen LogP contribution is 2.31. The largest absolute Gasteiger partial charge is 0.484 e. The Hall–Kier alpha value is -2.54. The molecule has 0 amide bonds. The second kappa shape index (κ2) is 6.58. The summed E-state index contributed by atoms with van der Waals surface area (Å²) in [4.78, 5) is 19.5. The maximum Gasteiger partial charge on any atom is 0.157 e. The number of nitrogen functional groups attached to an aromatic ring is 1. The first kappa shape index (κ1) is 13.9. The second-order valence-electron chi connectivity index (χ2n) is 4.24. The van der Waals surface area contributed by atoms with E-state index in [4.69, 9.17) is 10.6 Å². The van der Waals surface area contributed by atoms with Crippen molar-refractivity contribution in [2.24, 2.45) is 5.84 Å². The van der Waals surface area contributed by atoms with Crippen molar-refractivity contribution in [2.75, 3.05) is 24.0 Å². The smallest absolute Gasteiger partial charge is 0.157 e. The van der Waals surface area contributed by atoms with Crippen LogP contribution < -0.4 is 20.9 Å². The van der Waals surface area contributed by atoms with Crippen LogP contribution in [-0.4, -0.2) is 29.9 Å². The fourth-order valence-electron chi connectivity index (χ4n) is 1.87. The lowest BCUT2D eigenvalue weighted by atomic mass is 10.2. The molecule has 0 unspecified atom stereocenters. The number of carbonyl (C=O) groups excluding carboxylic acids is 1. The number of hydrazine groups is 1. The van der Waals surface area contributed by atoms with Crippen molar-refractivity contribution in [3.63, 3.8) is 0 Å². The highest BCUT2D eigenvalue weighted by atomic mass is 16.5. The van der Waals surface area contributed by atoms with Gasteiger partial charge in [0.1, 0.15) is 12.4 Å². The fraction of sp³-hybridized carbons (Fsp3) is 0.231. The van der Waals surface area contributed by atoms with Crippen molar-refractivity contribution in [2.45, 2.75) is 6.54 Å². The van der Waals surface area contributed by atoms with Gasteiger partial charge < -0.3 is 20.0 Å². The van der Waals surface area contributed by atoms with Crippen LogP contribution in [0, 0.1) is 0 Å². The summed E-state index contributed by atoms with van der Waals surface area (Å²) < 4.78 is 5.44. The molecule has 0 spiro atoms. The number of hydrogen-bond acceptors (Lipinski definition) is 6. The van der Waals surface area contributed by atoms with Crippen molar-refractivity contribution >= 4 is 17.7 Å². The van der Waals surface area contributed by atoms with E-state index in [-0.39, 0.29) is 6.61 Å². The number of ether oxygens (including phenoxy) is 1. The Labute approximate surface area is 116 Å². The number of nitrogens with two attached hydrogens (primary N) is 1. The van der Waals surface area contributed by atoms with Gasteiger partial charge in [-0.25, -0.2) is 4.98 Å². The molecule has 0 radical (unpaired) electrons. The SMILES string of the molecule is CN(Cc1cnc[nH]1)c1ccc(NN)cc1OCC=O. The molecule has 1 heterocycles. The number of imidazole rings is 1. The number of H-pyrrole nitrogens is 1. The van der Waals surface area contributed by atoms with Gasteiger partial charge in [0.15, 0.2) is 6.29 Å². The molecular formula is C13H17N5O2. The number of hydrogen-bond donors (Lipinski definition) is 3. The molecule has 2 rings (SSSR count). The van der Waals surface area contributed by atoms with Crippen LogP contribution in [0.25, 0.3) is 0 Å². The van der Waals surface area contributed by atoms with Crippen LogP contribution in [0.2, 0.25) is 0 Å². The Morgan fingerprint density at radius 2 is 2.40 bits per heavy atom. The number of aromatic nitrogens is 2. The monoisotopic (exact) mass is 275 g/mol. The Balaban J connectivity index is 2.21. The summed E-state index contributed by atoms with van der Waals surface area (Å²) in [5.74, 6) is 5.97. The standard InChI is InChI=1S/C13H17N5O2/c1-18(8-11-7-15-9-16-11)12-3-2-10(17-14)6-13(12)20-5-4-19/h2-4,6-7,9,17H,5,8,14H2,1H3,(H,15,16). The van der Waals surface area contributed by atoms with Gasteiger partial charge in [-0.15, -0.1) is 0 Å². The van der Waals surface area contributed by atoms with Gasteiger partial charge in [0.25, 0.3) is 0 Å². The van der Waals surface area contributed by atoms with E-state index in [0.29, 0.717) is 24.3 Å². The van der Waals surface area contributed by atoms with Crippen LogP contribution in [0.3, 0.4) is 0 Å². The summed E-state index contributed by atoms with van der Waals surface area (Å²) in [6, 6.07) is 5.47. The molecule has 106 valence electrons. The first-order valence-electron chi connectivity index (χ1n) is 6.10. The molecule has 0 saturated heterocycles. The average Bonchev–Trinajstić information content (AvgIpc) is 2.97. The number of aldehydes is 1. The van der Waals surface area contributed by atoms with E-state index in [9.17, 15) is 4.79 Å². The molecule has 2 aromatic rings. The zero-order valence-corrected chi connectivity index (χ0v) is 11.2. The Morgan fingerprint density at radius 1 is 1.55 bits per heavy atom. The van der Waals surface area contributed by atoms with Gasteiger partial charge in [-0.3, -0.25) is 10.6 Å². The summed E-state index contributed by atoms with van der Waals surface area (Å²) in [6.45, 7) is 0.645. The van der Waals surface area contributed by atoms with Gasteiger partial charge in [-0.05, 0) is 12.1 Å². The van der Waals surface area contributed by atoms with Gasteiger partial charge in [-0.1, -0.05) is 0 Å². The summed E-state index contributed by atoms with van der Waals surface area (Å²) in [5, 5.41) is 0. The highest BCUT2D eigenvalue weighted by molar-refractivity contribution is 5.65. The molecule has 7 nitrogen and oxygen atoms in total. The van der Waals surface area contributed by atoms with Crippen LogP contribution in [-0.2, 0) is 11.3 Å². The molecule has 0 bridgehead atoms. The van der Waals surface area contributed by atoms with E-state index < -0.39 is 0 Å². The third-order valence-electron chi connectivity index (χ3n) is 2.81. The van der Waals surface area contributed by atoms with Crippen LogP contribution in [0.1, 0.15) is 5.69 Å².